The highest BCUT2D eigenvalue weighted by Crippen LogP contribution is 2.20. The molecule has 2 aromatic rings. The maximum absolute atomic E-state index is 12.9. The van der Waals surface area contributed by atoms with Gasteiger partial charge in [0.1, 0.15) is 11.4 Å². The van der Waals surface area contributed by atoms with Gasteiger partial charge in [-0.05, 0) is 24.3 Å². The van der Waals surface area contributed by atoms with Crippen molar-refractivity contribution in [3.05, 3.63) is 48.2 Å². The summed E-state index contributed by atoms with van der Waals surface area (Å²) in [5.41, 5.74) is 0.386. The lowest BCUT2D eigenvalue weighted by Crippen LogP contribution is -2.15. The first kappa shape index (κ1) is 12.0. The van der Waals surface area contributed by atoms with Gasteiger partial charge in [0.05, 0.1) is 7.11 Å². The summed E-state index contributed by atoms with van der Waals surface area (Å²) in [5.74, 6) is -0.955. The van der Waals surface area contributed by atoms with Gasteiger partial charge in [-0.2, -0.15) is 4.39 Å². The van der Waals surface area contributed by atoms with E-state index in [0.29, 0.717) is 5.69 Å². The second-order valence-corrected chi connectivity index (χ2v) is 3.36. The summed E-state index contributed by atoms with van der Waals surface area (Å²) < 4.78 is 17.9. The van der Waals surface area contributed by atoms with Crippen LogP contribution in [0.1, 0.15) is 10.5 Å². The monoisotopic (exact) mass is 247 g/mol. The maximum atomic E-state index is 12.9. The third kappa shape index (κ3) is 2.60. The standard InChI is InChI=1S/C12H10FN3O2/c1-18-12-9(5-3-7-14-12)16-11(17)8-4-2-6-10(13)15-8/h2-7H,1H3,(H,16,17). The van der Waals surface area contributed by atoms with Crippen molar-refractivity contribution >= 4 is 11.6 Å². The van der Waals surface area contributed by atoms with Gasteiger partial charge in [-0.1, -0.05) is 6.07 Å². The molecule has 0 fully saturated rings. The summed E-state index contributed by atoms with van der Waals surface area (Å²) in [5, 5.41) is 2.55. The Morgan fingerprint density at radius 2 is 2.17 bits per heavy atom. The molecule has 0 aliphatic carbocycles. The quantitative estimate of drug-likeness (QED) is 0.841. The smallest absolute Gasteiger partial charge is 0.274 e. The average Bonchev–Trinajstić information content (AvgIpc) is 2.39. The maximum Gasteiger partial charge on any atom is 0.274 e. The lowest BCUT2D eigenvalue weighted by atomic mass is 10.3. The number of carbonyl (C=O) groups excluding carboxylic acids is 1. The lowest BCUT2D eigenvalue weighted by Gasteiger charge is -2.08. The first-order chi connectivity index (χ1) is 8.70. The van der Waals surface area contributed by atoms with E-state index < -0.39 is 11.9 Å². The molecule has 0 aliphatic rings. The van der Waals surface area contributed by atoms with Crippen LogP contribution in [0.5, 0.6) is 5.88 Å². The molecule has 92 valence electrons. The van der Waals surface area contributed by atoms with Crippen LogP contribution in [0.3, 0.4) is 0 Å². The number of hydrogen-bond acceptors (Lipinski definition) is 4. The van der Waals surface area contributed by atoms with Crippen molar-refractivity contribution in [3.8, 4) is 5.88 Å². The largest absolute Gasteiger partial charge is 0.480 e. The molecule has 5 nitrogen and oxygen atoms in total. The Kier molecular flexibility index (Phi) is 3.47. The van der Waals surface area contributed by atoms with Gasteiger partial charge in [0, 0.05) is 6.20 Å². The van der Waals surface area contributed by atoms with Crippen LogP contribution in [0.25, 0.3) is 0 Å². The Labute approximate surface area is 103 Å². The van der Waals surface area contributed by atoms with Gasteiger partial charge in [0.2, 0.25) is 11.8 Å². The minimum absolute atomic E-state index is 0.0130. The second kappa shape index (κ2) is 5.22. The number of pyridine rings is 2. The Bertz CT molecular complexity index is 575. The Hall–Kier alpha value is -2.50. The first-order valence-corrected chi connectivity index (χ1v) is 5.13. The number of amides is 1. The molecule has 1 N–H and O–H groups in total. The van der Waals surface area contributed by atoms with E-state index in [1.54, 1.807) is 12.1 Å². The van der Waals surface area contributed by atoms with Gasteiger partial charge < -0.3 is 10.1 Å². The zero-order chi connectivity index (χ0) is 13.0. The number of halogens is 1. The molecule has 18 heavy (non-hydrogen) atoms. The van der Waals surface area contributed by atoms with Crippen LogP contribution in [-0.2, 0) is 0 Å². The van der Waals surface area contributed by atoms with Gasteiger partial charge in [-0.3, -0.25) is 4.79 Å². The molecule has 0 aromatic carbocycles. The predicted molar refractivity (Wildman–Crippen MR) is 62.9 cm³/mol. The molecule has 0 atom stereocenters. The third-order valence-corrected chi connectivity index (χ3v) is 2.16. The van der Waals surface area contributed by atoms with Crippen molar-refractivity contribution in [2.45, 2.75) is 0 Å². The highest BCUT2D eigenvalue weighted by atomic mass is 19.1. The van der Waals surface area contributed by atoms with Crippen molar-refractivity contribution in [1.82, 2.24) is 9.97 Å². The number of anilines is 1. The summed E-state index contributed by atoms with van der Waals surface area (Å²) in [7, 11) is 1.44. The zero-order valence-corrected chi connectivity index (χ0v) is 9.55. The van der Waals surface area contributed by atoms with Crippen LogP contribution in [0.15, 0.2) is 36.5 Å². The first-order valence-electron chi connectivity index (χ1n) is 5.13. The predicted octanol–water partition coefficient (Wildman–Crippen LogP) is 1.88. The molecule has 2 heterocycles. The summed E-state index contributed by atoms with van der Waals surface area (Å²) in [4.78, 5) is 19.2. The fourth-order valence-electron chi connectivity index (χ4n) is 1.37. The molecule has 0 aliphatic heterocycles. The van der Waals surface area contributed by atoms with E-state index in [1.807, 2.05) is 0 Å². The average molecular weight is 247 g/mol. The Morgan fingerprint density at radius 1 is 1.33 bits per heavy atom. The minimum Gasteiger partial charge on any atom is -0.480 e. The number of nitrogens with one attached hydrogen (secondary N) is 1. The van der Waals surface area contributed by atoms with E-state index in [-0.39, 0.29) is 11.6 Å². The summed E-state index contributed by atoms with van der Waals surface area (Å²) in [6.45, 7) is 0. The van der Waals surface area contributed by atoms with E-state index in [2.05, 4.69) is 15.3 Å². The van der Waals surface area contributed by atoms with Crippen LogP contribution in [0, 0.1) is 5.95 Å². The fourth-order valence-corrected chi connectivity index (χ4v) is 1.37. The highest BCUT2D eigenvalue weighted by Gasteiger charge is 2.11. The van der Waals surface area contributed by atoms with Gasteiger partial charge >= 0.3 is 0 Å². The summed E-state index contributed by atoms with van der Waals surface area (Å²) >= 11 is 0. The van der Waals surface area contributed by atoms with Crippen LogP contribution in [-0.4, -0.2) is 23.0 Å². The topological polar surface area (TPSA) is 64.1 Å². The number of aromatic nitrogens is 2. The Balaban J connectivity index is 2.21. The van der Waals surface area contributed by atoms with Gasteiger partial charge in [0.25, 0.3) is 5.91 Å². The highest BCUT2D eigenvalue weighted by molar-refractivity contribution is 6.03. The van der Waals surface area contributed by atoms with Crippen LogP contribution < -0.4 is 10.1 Å². The number of ether oxygens (including phenoxy) is 1. The molecular formula is C12H10FN3O2. The molecule has 0 bridgehead atoms. The minimum atomic E-state index is -0.708. The summed E-state index contributed by atoms with van der Waals surface area (Å²) in [6, 6.07) is 7.28. The van der Waals surface area contributed by atoms with Crippen LogP contribution in [0.2, 0.25) is 0 Å². The molecular weight excluding hydrogens is 237 g/mol. The van der Waals surface area contributed by atoms with Crippen molar-refractivity contribution in [3.63, 3.8) is 0 Å². The molecule has 0 spiro atoms. The molecule has 1 amide bonds. The molecule has 0 saturated carbocycles. The SMILES string of the molecule is COc1ncccc1NC(=O)c1cccc(F)n1. The van der Waals surface area contributed by atoms with Crippen molar-refractivity contribution < 1.29 is 13.9 Å². The molecule has 6 heteroatoms. The number of nitrogens with zero attached hydrogens (tertiary/aromatic N) is 2. The van der Waals surface area contributed by atoms with E-state index in [1.165, 1.54) is 31.5 Å². The second-order valence-electron chi connectivity index (χ2n) is 3.36. The number of hydrogen-bond donors (Lipinski definition) is 1. The van der Waals surface area contributed by atoms with Gasteiger partial charge in [-0.15, -0.1) is 0 Å². The van der Waals surface area contributed by atoms with Gasteiger partial charge in [0.15, 0.2) is 0 Å². The molecule has 2 rings (SSSR count). The lowest BCUT2D eigenvalue weighted by molar-refractivity contribution is 0.102. The number of rotatable bonds is 3. The van der Waals surface area contributed by atoms with Crippen molar-refractivity contribution in [1.29, 1.82) is 0 Å². The van der Waals surface area contributed by atoms with Crippen molar-refractivity contribution in [2.75, 3.05) is 12.4 Å². The van der Waals surface area contributed by atoms with Crippen molar-refractivity contribution in [2.24, 2.45) is 0 Å². The number of carbonyl (C=O) groups is 1. The third-order valence-electron chi connectivity index (χ3n) is 2.16. The zero-order valence-electron chi connectivity index (χ0n) is 9.55. The van der Waals surface area contributed by atoms with E-state index in [0.717, 1.165) is 0 Å². The number of methoxy groups -OCH3 is 1. The molecule has 0 saturated heterocycles. The Morgan fingerprint density at radius 3 is 2.89 bits per heavy atom. The van der Waals surface area contributed by atoms with Crippen LogP contribution >= 0.6 is 0 Å². The van der Waals surface area contributed by atoms with E-state index in [9.17, 15) is 9.18 Å². The normalized spacial score (nSPS) is 9.89. The molecule has 0 unspecified atom stereocenters. The van der Waals surface area contributed by atoms with E-state index in [4.69, 9.17) is 4.74 Å². The summed E-state index contributed by atoms with van der Waals surface area (Å²) in [6.07, 6.45) is 1.54. The fraction of sp³-hybridized carbons (Fsp3) is 0.0833. The molecule has 0 radical (unpaired) electrons. The molecule has 2 aromatic heterocycles. The van der Waals surface area contributed by atoms with Crippen LogP contribution in [0.4, 0.5) is 10.1 Å². The van der Waals surface area contributed by atoms with Gasteiger partial charge in [-0.25, -0.2) is 9.97 Å². The van der Waals surface area contributed by atoms with E-state index >= 15 is 0 Å².